The monoisotopic (exact) mass is 277 g/mol. The van der Waals surface area contributed by atoms with Crippen molar-refractivity contribution in [3.8, 4) is 22.4 Å². The molecule has 0 radical (unpaired) electrons. The van der Waals surface area contributed by atoms with E-state index in [4.69, 9.17) is 0 Å². The van der Waals surface area contributed by atoms with Gasteiger partial charge in [-0.15, -0.1) is 0 Å². The molecule has 0 fully saturated rings. The van der Waals surface area contributed by atoms with E-state index in [0.717, 1.165) is 46.6 Å². The summed E-state index contributed by atoms with van der Waals surface area (Å²) in [6.07, 6.45) is 3.53. The number of benzene rings is 1. The van der Waals surface area contributed by atoms with Crippen molar-refractivity contribution in [3.05, 3.63) is 59.8 Å². The number of aromatic nitrogens is 3. The maximum atomic E-state index is 10.0. The first kappa shape index (κ1) is 12.1. The fourth-order valence-electron chi connectivity index (χ4n) is 2.93. The van der Waals surface area contributed by atoms with Crippen LogP contribution >= 0.6 is 0 Å². The molecule has 4 heteroatoms. The molecule has 0 spiro atoms. The lowest BCUT2D eigenvalue weighted by atomic mass is 9.94. The van der Waals surface area contributed by atoms with Gasteiger partial charge in [0.15, 0.2) is 0 Å². The van der Waals surface area contributed by atoms with Crippen molar-refractivity contribution in [1.29, 1.82) is 0 Å². The van der Waals surface area contributed by atoms with Crippen molar-refractivity contribution in [2.75, 3.05) is 0 Å². The Labute approximate surface area is 122 Å². The number of hydrogen-bond acceptors (Lipinski definition) is 3. The van der Waals surface area contributed by atoms with Gasteiger partial charge in [0.2, 0.25) is 0 Å². The highest BCUT2D eigenvalue weighted by Gasteiger charge is 2.24. The third-order valence-corrected chi connectivity index (χ3v) is 4.04. The highest BCUT2D eigenvalue weighted by molar-refractivity contribution is 5.74. The summed E-state index contributed by atoms with van der Waals surface area (Å²) in [6.45, 7) is 1.81. The van der Waals surface area contributed by atoms with Crippen LogP contribution in [0.15, 0.2) is 42.6 Å². The van der Waals surface area contributed by atoms with Crippen LogP contribution in [0.3, 0.4) is 0 Å². The Morgan fingerprint density at radius 1 is 1.10 bits per heavy atom. The first-order chi connectivity index (χ1) is 10.2. The molecule has 0 amide bonds. The van der Waals surface area contributed by atoms with Crippen molar-refractivity contribution in [2.24, 2.45) is 0 Å². The second-order valence-electron chi connectivity index (χ2n) is 5.35. The van der Waals surface area contributed by atoms with E-state index in [1.165, 1.54) is 4.73 Å². The summed E-state index contributed by atoms with van der Waals surface area (Å²) in [4.78, 5) is 9.10. The molecule has 2 heterocycles. The second-order valence-corrected chi connectivity index (χ2v) is 5.35. The number of hydrogen-bond donors (Lipinski definition) is 1. The summed E-state index contributed by atoms with van der Waals surface area (Å²) in [6, 6.07) is 12.3. The van der Waals surface area contributed by atoms with Crippen molar-refractivity contribution >= 4 is 0 Å². The van der Waals surface area contributed by atoms with Gasteiger partial charge in [-0.1, -0.05) is 30.3 Å². The molecule has 1 aromatic carbocycles. The van der Waals surface area contributed by atoms with Gasteiger partial charge in [-0.2, -0.15) is 4.73 Å². The van der Waals surface area contributed by atoms with E-state index in [9.17, 15) is 5.21 Å². The molecule has 0 saturated heterocycles. The molecule has 0 saturated carbocycles. The lowest BCUT2D eigenvalue weighted by Crippen LogP contribution is -2.09. The van der Waals surface area contributed by atoms with E-state index in [0.29, 0.717) is 5.82 Å². The molecule has 4 nitrogen and oxygen atoms in total. The number of rotatable bonds is 1. The highest BCUT2D eigenvalue weighted by atomic mass is 16.5. The predicted octanol–water partition coefficient (Wildman–Crippen LogP) is 3.26. The van der Waals surface area contributed by atoms with Crippen LogP contribution in [-0.2, 0) is 12.8 Å². The Morgan fingerprint density at radius 3 is 2.71 bits per heavy atom. The number of imidazole rings is 1. The predicted molar refractivity (Wildman–Crippen MR) is 80.2 cm³/mol. The van der Waals surface area contributed by atoms with Gasteiger partial charge < -0.3 is 5.21 Å². The van der Waals surface area contributed by atoms with E-state index >= 15 is 0 Å². The lowest BCUT2D eigenvalue weighted by Gasteiger charge is -2.16. The van der Waals surface area contributed by atoms with Crippen molar-refractivity contribution < 1.29 is 5.21 Å². The number of pyridine rings is 1. The normalized spacial score (nSPS) is 12.8. The van der Waals surface area contributed by atoms with Crippen molar-refractivity contribution in [3.63, 3.8) is 0 Å². The average Bonchev–Trinajstić information content (AvgIpc) is 2.83. The van der Waals surface area contributed by atoms with Gasteiger partial charge in [0, 0.05) is 17.3 Å². The van der Waals surface area contributed by atoms with Crippen LogP contribution in [0.4, 0.5) is 0 Å². The third kappa shape index (κ3) is 1.83. The molecule has 21 heavy (non-hydrogen) atoms. The zero-order valence-corrected chi connectivity index (χ0v) is 11.7. The minimum absolute atomic E-state index is 0.623. The van der Waals surface area contributed by atoms with Crippen LogP contribution in [0.2, 0.25) is 0 Å². The average molecular weight is 277 g/mol. The first-order valence-electron chi connectivity index (χ1n) is 7.06. The number of nitrogens with zero attached hydrogens (tertiary/aromatic N) is 3. The number of aryl methyl sites for hydroxylation is 2. The lowest BCUT2D eigenvalue weighted by molar-refractivity contribution is 0.170. The summed E-state index contributed by atoms with van der Waals surface area (Å²) in [5.41, 5.74) is 6.05. The summed E-state index contributed by atoms with van der Waals surface area (Å²) in [5.74, 6) is 0.623. The topological polar surface area (TPSA) is 50.9 Å². The van der Waals surface area contributed by atoms with Gasteiger partial charge in [-0.25, -0.2) is 4.98 Å². The van der Waals surface area contributed by atoms with E-state index in [1.807, 2.05) is 31.3 Å². The zero-order valence-electron chi connectivity index (χ0n) is 11.7. The number of fused-ring (bicyclic) bond motifs is 3. The Bertz CT molecular complexity index is 822. The van der Waals surface area contributed by atoms with E-state index in [2.05, 4.69) is 28.2 Å². The van der Waals surface area contributed by atoms with Gasteiger partial charge in [-0.3, -0.25) is 4.98 Å². The minimum atomic E-state index is 0.623. The van der Waals surface area contributed by atoms with E-state index < -0.39 is 0 Å². The summed E-state index contributed by atoms with van der Waals surface area (Å²) < 4.78 is 1.20. The highest BCUT2D eigenvalue weighted by Crippen LogP contribution is 2.34. The van der Waals surface area contributed by atoms with Crippen LogP contribution < -0.4 is 0 Å². The van der Waals surface area contributed by atoms with Crippen LogP contribution in [0, 0.1) is 6.92 Å². The van der Waals surface area contributed by atoms with Crippen LogP contribution in [0.5, 0.6) is 0 Å². The van der Waals surface area contributed by atoms with Crippen molar-refractivity contribution in [2.45, 2.75) is 19.8 Å². The molecule has 3 aromatic rings. The molecule has 1 aliphatic rings. The van der Waals surface area contributed by atoms with Crippen molar-refractivity contribution in [1.82, 2.24) is 14.7 Å². The summed E-state index contributed by atoms with van der Waals surface area (Å²) in [5, 5.41) is 10.0. The van der Waals surface area contributed by atoms with Crippen LogP contribution in [0.1, 0.15) is 17.2 Å². The Balaban J connectivity index is 1.90. The largest absolute Gasteiger partial charge is 0.427 e. The smallest absolute Gasteiger partial charge is 0.142 e. The van der Waals surface area contributed by atoms with Gasteiger partial charge in [0.1, 0.15) is 5.82 Å². The Hall–Kier alpha value is -2.62. The third-order valence-electron chi connectivity index (χ3n) is 4.04. The maximum absolute atomic E-state index is 10.0. The molecule has 0 unspecified atom stereocenters. The molecule has 0 atom stereocenters. The zero-order chi connectivity index (χ0) is 14.4. The SMILES string of the molecule is Cc1nc2c(n1O)CCc1ncc(-c3ccccc3)cc1-2. The summed E-state index contributed by atoms with van der Waals surface area (Å²) >= 11 is 0. The molecular formula is C17H15N3O. The quantitative estimate of drug-likeness (QED) is 0.695. The summed E-state index contributed by atoms with van der Waals surface area (Å²) in [7, 11) is 0. The van der Waals surface area contributed by atoms with Gasteiger partial charge in [0.05, 0.1) is 17.1 Å². The fraction of sp³-hybridized carbons (Fsp3) is 0.176. The van der Waals surface area contributed by atoms with E-state index in [-0.39, 0.29) is 0 Å². The first-order valence-corrected chi connectivity index (χ1v) is 7.06. The molecule has 104 valence electrons. The van der Waals surface area contributed by atoms with Gasteiger partial charge in [0.25, 0.3) is 0 Å². The molecular weight excluding hydrogens is 262 g/mol. The molecule has 1 aliphatic carbocycles. The molecule has 0 aliphatic heterocycles. The Morgan fingerprint density at radius 2 is 1.90 bits per heavy atom. The minimum Gasteiger partial charge on any atom is -0.427 e. The Kier molecular flexibility index (Phi) is 2.57. The van der Waals surface area contributed by atoms with E-state index in [1.54, 1.807) is 0 Å². The standard InChI is InChI=1S/C17H15N3O/c1-11-19-17-14-9-13(12-5-3-2-4-6-12)10-18-15(14)7-8-16(17)20(11)21/h2-6,9-10,21H,7-8H2,1H3. The molecule has 2 aromatic heterocycles. The maximum Gasteiger partial charge on any atom is 0.142 e. The molecule has 0 bridgehead atoms. The van der Waals surface area contributed by atoms with Gasteiger partial charge in [-0.05, 0) is 31.4 Å². The molecule has 4 rings (SSSR count). The van der Waals surface area contributed by atoms with Crippen LogP contribution in [0.25, 0.3) is 22.4 Å². The fourth-order valence-corrected chi connectivity index (χ4v) is 2.93. The van der Waals surface area contributed by atoms with Crippen LogP contribution in [-0.4, -0.2) is 19.9 Å². The molecule has 1 N–H and O–H groups in total. The van der Waals surface area contributed by atoms with Gasteiger partial charge >= 0.3 is 0 Å². The second kappa shape index (κ2) is 4.45.